The Bertz CT molecular complexity index is 608. The molecule has 0 saturated heterocycles. The smallest absolute Gasteiger partial charge is 0.123 e. The first-order chi connectivity index (χ1) is 9.65. The second-order valence-corrected chi connectivity index (χ2v) is 5.44. The Morgan fingerprint density at radius 2 is 2.35 bits per heavy atom. The topological polar surface area (TPSA) is 66.0 Å². The van der Waals surface area contributed by atoms with Crippen molar-refractivity contribution < 1.29 is 4.74 Å². The minimum atomic E-state index is -0.0342. The van der Waals surface area contributed by atoms with Gasteiger partial charge in [-0.3, -0.25) is 0 Å². The number of hydrogen-bond acceptors (Lipinski definition) is 4. The molecule has 2 atom stereocenters. The molecule has 5 nitrogen and oxygen atoms in total. The van der Waals surface area contributed by atoms with Crippen LogP contribution in [0.1, 0.15) is 36.2 Å². The van der Waals surface area contributed by atoms with E-state index in [4.69, 9.17) is 10.5 Å². The lowest BCUT2D eigenvalue weighted by Crippen LogP contribution is -2.21. The Hall–Kier alpha value is -1.88. The van der Waals surface area contributed by atoms with Crippen LogP contribution in [-0.2, 0) is 13.0 Å². The van der Waals surface area contributed by atoms with Crippen molar-refractivity contribution in [1.29, 1.82) is 0 Å². The number of aryl methyl sites for hydroxylation is 1. The Balaban J connectivity index is 1.67. The SMILES string of the molecule is CCC(N)c1cn(CC2Cc3cc(C)ccc3O2)nn1. The van der Waals surface area contributed by atoms with Crippen molar-refractivity contribution in [3.05, 3.63) is 41.2 Å². The average molecular weight is 272 g/mol. The normalized spacial score (nSPS) is 18.6. The number of ether oxygens (including phenoxy) is 1. The highest BCUT2D eigenvalue weighted by molar-refractivity contribution is 5.40. The van der Waals surface area contributed by atoms with Gasteiger partial charge in [0.1, 0.15) is 11.9 Å². The largest absolute Gasteiger partial charge is 0.488 e. The fraction of sp³-hybridized carbons (Fsp3) is 0.467. The van der Waals surface area contributed by atoms with Crippen molar-refractivity contribution in [3.63, 3.8) is 0 Å². The van der Waals surface area contributed by atoms with Gasteiger partial charge in [-0.05, 0) is 25.0 Å². The molecular weight excluding hydrogens is 252 g/mol. The average Bonchev–Trinajstić information content (AvgIpc) is 3.04. The number of nitrogens with zero attached hydrogens (tertiary/aromatic N) is 3. The summed E-state index contributed by atoms with van der Waals surface area (Å²) in [6, 6.07) is 6.28. The van der Waals surface area contributed by atoms with Crippen LogP contribution < -0.4 is 10.5 Å². The molecular formula is C15H20N4O. The lowest BCUT2D eigenvalue weighted by molar-refractivity contribution is 0.202. The second kappa shape index (κ2) is 5.25. The van der Waals surface area contributed by atoms with Crippen LogP contribution in [0.4, 0.5) is 0 Å². The van der Waals surface area contributed by atoms with Gasteiger partial charge >= 0.3 is 0 Å². The van der Waals surface area contributed by atoms with Gasteiger partial charge in [-0.25, -0.2) is 4.68 Å². The number of rotatable bonds is 4. The Morgan fingerprint density at radius 1 is 1.50 bits per heavy atom. The van der Waals surface area contributed by atoms with Gasteiger partial charge < -0.3 is 10.5 Å². The molecule has 2 N–H and O–H groups in total. The summed E-state index contributed by atoms with van der Waals surface area (Å²) in [5.41, 5.74) is 9.35. The zero-order valence-electron chi connectivity index (χ0n) is 11.9. The quantitative estimate of drug-likeness (QED) is 0.924. The van der Waals surface area contributed by atoms with Gasteiger partial charge in [0.2, 0.25) is 0 Å². The van der Waals surface area contributed by atoms with Crippen molar-refractivity contribution in [2.24, 2.45) is 5.73 Å². The van der Waals surface area contributed by atoms with Crippen LogP contribution in [0.3, 0.4) is 0 Å². The van der Waals surface area contributed by atoms with Crippen molar-refractivity contribution in [3.8, 4) is 5.75 Å². The maximum Gasteiger partial charge on any atom is 0.123 e. The van der Waals surface area contributed by atoms with Gasteiger partial charge in [0.25, 0.3) is 0 Å². The summed E-state index contributed by atoms with van der Waals surface area (Å²) >= 11 is 0. The third-order valence-corrected chi connectivity index (χ3v) is 3.72. The molecule has 0 amide bonds. The van der Waals surface area contributed by atoms with Gasteiger partial charge in [-0.2, -0.15) is 0 Å². The molecule has 1 aliphatic heterocycles. The Morgan fingerprint density at radius 3 is 3.15 bits per heavy atom. The summed E-state index contributed by atoms with van der Waals surface area (Å²) < 4.78 is 7.77. The van der Waals surface area contributed by atoms with Crippen LogP contribution in [0.15, 0.2) is 24.4 Å². The van der Waals surface area contributed by atoms with E-state index in [2.05, 4.69) is 29.4 Å². The highest BCUT2D eigenvalue weighted by Crippen LogP contribution is 2.30. The number of benzene rings is 1. The van der Waals surface area contributed by atoms with E-state index in [1.807, 2.05) is 23.9 Å². The molecule has 2 aromatic rings. The van der Waals surface area contributed by atoms with Crippen molar-refractivity contribution >= 4 is 0 Å². The molecule has 106 valence electrons. The third-order valence-electron chi connectivity index (χ3n) is 3.72. The Kier molecular flexibility index (Phi) is 3.44. The fourth-order valence-electron chi connectivity index (χ4n) is 2.54. The van der Waals surface area contributed by atoms with Crippen LogP contribution in [0.2, 0.25) is 0 Å². The minimum Gasteiger partial charge on any atom is -0.488 e. The third kappa shape index (κ3) is 2.54. The first-order valence-electron chi connectivity index (χ1n) is 7.07. The summed E-state index contributed by atoms with van der Waals surface area (Å²) in [6.07, 6.45) is 3.83. The number of aromatic nitrogens is 3. The molecule has 1 aliphatic rings. The summed E-state index contributed by atoms with van der Waals surface area (Å²) in [4.78, 5) is 0. The first kappa shape index (κ1) is 13.1. The van der Waals surface area contributed by atoms with Gasteiger partial charge in [-0.15, -0.1) is 5.10 Å². The van der Waals surface area contributed by atoms with Gasteiger partial charge in [0.15, 0.2) is 0 Å². The highest BCUT2D eigenvalue weighted by atomic mass is 16.5. The van der Waals surface area contributed by atoms with Crippen LogP contribution in [-0.4, -0.2) is 21.1 Å². The Labute approximate surface area is 118 Å². The van der Waals surface area contributed by atoms with Crippen molar-refractivity contribution in [1.82, 2.24) is 15.0 Å². The maximum atomic E-state index is 5.95. The van der Waals surface area contributed by atoms with E-state index in [9.17, 15) is 0 Å². The van der Waals surface area contributed by atoms with E-state index in [1.165, 1.54) is 11.1 Å². The first-order valence-corrected chi connectivity index (χ1v) is 7.07. The zero-order valence-corrected chi connectivity index (χ0v) is 11.9. The minimum absolute atomic E-state index is 0.0342. The van der Waals surface area contributed by atoms with Crippen molar-refractivity contribution in [2.45, 2.75) is 45.4 Å². The van der Waals surface area contributed by atoms with E-state index < -0.39 is 0 Å². The molecule has 0 aliphatic carbocycles. The monoisotopic (exact) mass is 272 g/mol. The second-order valence-electron chi connectivity index (χ2n) is 5.44. The lowest BCUT2D eigenvalue weighted by atomic mass is 10.1. The number of fused-ring (bicyclic) bond motifs is 1. The standard InChI is InChI=1S/C15H20N4O/c1-3-13(16)14-9-19(18-17-14)8-12-7-11-6-10(2)4-5-15(11)20-12/h4-6,9,12-13H,3,7-8,16H2,1-2H3. The summed E-state index contributed by atoms with van der Waals surface area (Å²) in [6.45, 7) is 4.85. The van der Waals surface area contributed by atoms with E-state index in [0.717, 1.165) is 24.3 Å². The van der Waals surface area contributed by atoms with Gasteiger partial charge in [0, 0.05) is 6.42 Å². The number of nitrogens with two attached hydrogens (primary N) is 1. The van der Waals surface area contributed by atoms with Crippen LogP contribution in [0.25, 0.3) is 0 Å². The van der Waals surface area contributed by atoms with E-state index >= 15 is 0 Å². The van der Waals surface area contributed by atoms with E-state index in [0.29, 0.717) is 6.54 Å². The molecule has 1 aromatic heterocycles. The number of hydrogen-bond donors (Lipinski definition) is 1. The predicted molar refractivity (Wildman–Crippen MR) is 76.5 cm³/mol. The van der Waals surface area contributed by atoms with Crippen LogP contribution in [0, 0.1) is 6.92 Å². The predicted octanol–water partition coefficient (Wildman–Crippen LogP) is 2.00. The van der Waals surface area contributed by atoms with Crippen LogP contribution >= 0.6 is 0 Å². The molecule has 0 fully saturated rings. The molecule has 5 heteroatoms. The molecule has 1 aromatic carbocycles. The van der Waals surface area contributed by atoms with E-state index in [-0.39, 0.29) is 12.1 Å². The molecule has 0 bridgehead atoms. The lowest BCUT2D eigenvalue weighted by Gasteiger charge is -2.09. The molecule has 0 spiro atoms. The zero-order chi connectivity index (χ0) is 14.1. The molecule has 0 radical (unpaired) electrons. The fourth-order valence-corrected chi connectivity index (χ4v) is 2.54. The summed E-state index contributed by atoms with van der Waals surface area (Å²) in [5, 5.41) is 8.26. The van der Waals surface area contributed by atoms with Crippen LogP contribution in [0.5, 0.6) is 5.75 Å². The molecule has 3 rings (SSSR count). The molecule has 20 heavy (non-hydrogen) atoms. The van der Waals surface area contributed by atoms with Gasteiger partial charge in [-0.1, -0.05) is 29.8 Å². The molecule has 2 unspecified atom stereocenters. The summed E-state index contributed by atoms with van der Waals surface area (Å²) in [5.74, 6) is 0.992. The van der Waals surface area contributed by atoms with E-state index in [1.54, 1.807) is 0 Å². The molecule has 2 heterocycles. The summed E-state index contributed by atoms with van der Waals surface area (Å²) in [7, 11) is 0. The molecule has 0 saturated carbocycles. The maximum absolute atomic E-state index is 5.95. The van der Waals surface area contributed by atoms with Gasteiger partial charge in [0.05, 0.1) is 24.5 Å². The highest BCUT2D eigenvalue weighted by Gasteiger charge is 2.23. The van der Waals surface area contributed by atoms with Crippen molar-refractivity contribution in [2.75, 3.05) is 0 Å².